The van der Waals surface area contributed by atoms with Gasteiger partial charge in [-0.25, -0.2) is 4.39 Å². The van der Waals surface area contributed by atoms with Gasteiger partial charge in [-0.3, -0.25) is 4.90 Å². The lowest BCUT2D eigenvalue weighted by molar-refractivity contribution is 0.250. The average molecular weight is 327 g/mol. The van der Waals surface area contributed by atoms with Crippen molar-refractivity contribution in [2.24, 2.45) is 5.92 Å². The van der Waals surface area contributed by atoms with E-state index in [2.05, 4.69) is 26.1 Å². The zero-order chi connectivity index (χ0) is 13.2. The molecule has 104 valence electrons. The Bertz CT molecular complexity index is 428. The van der Waals surface area contributed by atoms with Gasteiger partial charge in [0.15, 0.2) is 0 Å². The van der Waals surface area contributed by atoms with E-state index in [1.54, 1.807) is 6.07 Å². The van der Waals surface area contributed by atoms with Gasteiger partial charge in [-0.2, -0.15) is 0 Å². The Morgan fingerprint density at radius 2 is 2.16 bits per heavy atom. The number of hydrogen-bond donors (Lipinski definition) is 1. The zero-order valence-corrected chi connectivity index (χ0v) is 12.6. The van der Waals surface area contributed by atoms with Crippen LogP contribution in [0.2, 0.25) is 0 Å². The second kappa shape index (κ2) is 5.90. The van der Waals surface area contributed by atoms with E-state index in [-0.39, 0.29) is 5.82 Å². The van der Waals surface area contributed by atoms with E-state index < -0.39 is 0 Å². The van der Waals surface area contributed by atoms with Crippen molar-refractivity contribution in [1.82, 2.24) is 10.2 Å². The summed E-state index contributed by atoms with van der Waals surface area (Å²) in [5, 5.41) is 3.66. The summed E-state index contributed by atoms with van der Waals surface area (Å²) in [7, 11) is 0. The molecule has 1 aliphatic heterocycles. The summed E-state index contributed by atoms with van der Waals surface area (Å²) in [6.07, 6.45) is 3.92. The van der Waals surface area contributed by atoms with E-state index in [1.165, 1.54) is 25.3 Å². The summed E-state index contributed by atoms with van der Waals surface area (Å²) in [4.78, 5) is 2.46. The molecular formula is C15H20BrFN2. The number of benzene rings is 1. The second-order valence-corrected chi connectivity index (χ2v) is 6.68. The van der Waals surface area contributed by atoms with E-state index in [0.29, 0.717) is 6.04 Å². The van der Waals surface area contributed by atoms with Crippen molar-refractivity contribution in [3.05, 3.63) is 34.1 Å². The maximum absolute atomic E-state index is 13.4. The highest BCUT2D eigenvalue weighted by Crippen LogP contribution is 2.33. The van der Waals surface area contributed by atoms with E-state index >= 15 is 0 Å². The molecule has 1 atom stereocenters. The Kier molecular flexibility index (Phi) is 4.20. The molecule has 1 saturated heterocycles. The van der Waals surface area contributed by atoms with E-state index in [0.717, 1.165) is 42.1 Å². The number of hydrogen-bond acceptors (Lipinski definition) is 2. The molecule has 19 heavy (non-hydrogen) atoms. The van der Waals surface area contributed by atoms with Crippen LogP contribution in [0.15, 0.2) is 22.7 Å². The predicted molar refractivity (Wildman–Crippen MR) is 78.5 cm³/mol. The maximum Gasteiger partial charge on any atom is 0.124 e. The highest BCUT2D eigenvalue weighted by atomic mass is 79.9. The summed E-state index contributed by atoms with van der Waals surface area (Å²) in [6.45, 7) is 4.16. The molecule has 2 fully saturated rings. The zero-order valence-electron chi connectivity index (χ0n) is 11.0. The van der Waals surface area contributed by atoms with Crippen LogP contribution >= 0.6 is 15.9 Å². The molecule has 1 N–H and O–H groups in total. The third-order valence-electron chi connectivity index (χ3n) is 4.03. The van der Waals surface area contributed by atoms with Crippen molar-refractivity contribution in [1.29, 1.82) is 0 Å². The summed E-state index contributed by atoms with van der Waals surface area (Å²) >= 11 is 3.37. The standard InChI is InChI=1S/C15H20BrFN2/c16-13-6-11(7-14(17)8-13)9-19-5-1-4-18-15(10-19)12-2-3-12/h6-8,12,15,18H,1-5,9-10H2. The maximum atomic E-state index is 13.4. The first kappa shape index (κ1) is 13.5. The summed E-state index contributed by atoms with van der Waals surface area (Å²) in [5.41, 5.74) is 1.06. The van der Waals surface area contributed by atoms with Crippen molar-refractivity contribution < 1.29 is 4.39 Å². The first-order valence-corrected chi connectivity index (χ1v) is 7.91. The minimum atomic E-state index is -0.156. The van der Waals surface area contributed by atoms with Crippen LogP contribution in [0.5, 0.6) is 0 Å². The molecular weight excluding hydrogens is 307 g/mol. The lowest BCUT2D eigenvalue weighted by atomic mass is 10.1. The van der Waals surface area contributed by atoms with Crippen molar-refractivity contribution in [3.8, 4) is 0 Å². The molecule has 1 unspecified atom stereocenters. The van der Waals surface area contributed by atoms with Gasteiger partial charge in [-0.15, -0.1) is 0 Å². The fourth-order valence-electron chi connectivity index (χ4n) is 2.94. The molecule has 0 radical (unpaired) electrons. The minimum Gasteiger partial charge on any atom is -0.312 e. The molecule has 1 aromatic carbocycles. The Morgan fingerprint density at radius 3 is 2.89 bits per heavy atom. The lowest BCUT2D eigenvalue weighted by Gasteiger charge is -2.24. The van der Waals surface area contributed by atoms with Gasteiger partial charge in [0.1, 0.15) is 5.82 Å². The van der Waals surface area contributed by atoms with Crippen LogP contribution in [-0.4, -0.2) is 30.6 Å². The lowest BCUT2D eigenvalue weighted by Crippen LogP contribution is -2.38. The van der Waals surface area contributed by atoms with E-state index in [9.17, 15) is 4.39 Å². The van der Waals surface area contributed by atoms with Crippen LogP contribution < -0.4 is 5.32 Å². The highest BCUT2D eigenvalue weighted by molar-refractivity contribution is 9.10. The summed E-state index contributed by atoms with van der Waals surface area (Å²) in [6, 6.07) is 5.82. The fraction of sp³-hybridized carbons (Fsp3) is 0.600. The molecule has 2 nitrogen and oxygen atoms in total. The van der Waals surface area contributed by atoms with E-state index in [1.807, 2.05) is 6.07 Å². The second-order valence-electron chi connectivity index (χ2n) is 5.76. The predicted octanol–water partition coefficient (Wildman–Crippen LogP) is 3.16. The first-order valence-electron chi connectivity index (χ1n) is 7.11. The van der Waals surface area contributed by atoms with Gasteiger partial charge < -0.3 is 5.32 Å². The van der Waals surface area contributed by atoms with Crippen LogP contribution in [0, 0.1) is 11.7 Å². The van der Waals surface area contributed by atoms with Crippen LogP contribution in [-0.2, 0) is 6.54 Å². The molecule has 0 spiro atoms. The highest BCUT2D eigenvalue weighted by Gasteiger charge is 2.32. The Labute approximate surface area is 122 Å². The smallest absolute Gasteiger partial charge is 0.124 e. The Morgan fingerprint density at radius 1 is 1.32 bits per heavy atom. The SMILES string of the molecule is Fc1cc(Br)cc(CN2CCCNC(C3CC3)C2)c1. The van der Waals surface area contributed by atoms with Gasteiger partial charge in [-0.1, -0.05) is 15.9 Å². The molecule has 0 aromatic heterocycles. The topological polar surface area (TPSA) is 15.3 Å². The van der Waals surface area contributed by atoms with Gasteiger partial charge in [0.2, 0.25) is 0 Å². The van der Waals surface area contributed by atoms with Crippen LogP contribution in [0.4, 0.5) is 4.39 Å². The molecule has 3 rings (SSSR count). The van der Waals surface area contributed by atoms with Crippen LogP contribution in [0.1, 0.15) is 24.8 Å². The fourth-order valence-corrected chi connectivity index (χ4v) is 3.46. The van der Waals surface area contributed by atoms with Crippen molar-refractivity contribution in [3.63, 3.8) is 0 Å². The Balaban J connectivity index is 1.66. The average Bonchev–Trinajstić information content (AvgIpc) is 3.13. The van der Waals surface area contributed by atoms with Crippen LogP contribution in [0.3, 0.4) is 0 Å². The molecule has 2 aliphatic rings. The monoisotopic (exact) mass is 326 g/mol. The van der Waals surface area contributed by atoms with Crippen molar-refractivity contribution in [2.45, 2.75) is 31.8 Å². The normalized spacial score (nSPS) is 25.3. The van der Waals surface area contributed by atoms with Crippen molar-refractivity contribution >= 4 is 15.9 Å². The Hall–Kier alpha value is -0.450. The van der Waals surface area contributed by atoms with Gasteiger partial charge in [0.25, 0.3) is 0 Å². The van der Waals surface area contributed by atoms with Crippen molar-refractivity contribution in [2.75, 3.05) is 19.6 Å². The quantitative estimate of drug-likeness (QED) is 0.917. The minimum absolute atomic E-state index is 0.156. The largest absolute Gasteiger partial charge is 0.312 e. The first-order chi connectivity index (χ1) is 9.20. The van der Waals surface area contributed by atoms with Gasteiger partial charge in [-0.05, 0) is 62.0 Å². The third kappa shape index (κ3) is 3.77. The number of nitrogens with zero attached hydrogens (tertiary/aromatic N) is 1. The number of rotatable bonds is 3. The number of nitrogens with one attached hydrogen (secondary N) is 1. The summed E-state index contributed by atoms with van der Waals surface area (Å²) < 4.78 is 14.2. The molecule has 1 heterocycles. The van der Waals surface area contributed by atoms with Gasteiger partial charge in [0, 0.05) is 23.6 Å². The molecule has 4 heteroatoms. The third-order valence-corrected chi connectivity index (χ3v) is 4.49. The van der Waals surface area contributed by atoms with Crippen LogP contribution in [0.25, 0.3) is 0 Å². The molecule has 1 aliphatic carbocycles. The molecule has 0 amide bonds. The van der Waals surface area contributed by atoms with E-state index in [4.69, 9.17) is 0 Å². The van der Waals surface area contributed by atoms with Gasteiger partial charge >= 0.3 is 0 Å². The van der Waals surface area contributed by atoms with Gasteiger partial charge in [0.05, 0.1) is 0 Å². The molecule has 0 bridgehead atoms. The number of halogens is 2. The molecule has 1 saturated carbocycles. The summed E-state index contributed by atoms with van der Waals surface area (Å²) in [5.74, 6) is 0.718. The molecule has 1 aromatic rings.